The number of carbonyl (C=O) groups excluding carboxylic acids is 1. The van der Waals surface area contributed by atoms with Crippen molar-refractivity contribution in [3.05, 3.63) is 77.1 Å². The highest BCUT2D eigenvalue weighted by Crippen LogP contribution is 2.38. The van der Waals surface area contributed by atoms with E-state index in [0.717, 1.165) is 22.3 Å². The van der Waals surface area contributed by atoms with E-state index in [4.69, 9.17) is 14.2 Å². The number of methoxy groups -OCH3 is 3. The maximum atomic E-state index is 11.9. The highest BCUT2D eigenvalue weighted by molar-refractivity contribution is 6.06. The predicted molar refractivity (Wildman–Crippen MR) is 105 cm³/mol. The third-order valence-electron chi connectivity index (χ3n) is 4.39. The van der Waals surface area contributed by atoms with Gasteiger partial charge < -0.3 is 24.4 Å². The quantitative estimate of drug-likeness (QED) is 0.825. The smallest absolute Gasteiger partial charge is 0.220 e. The zero-order valence-corrected chi connectivity index (χ0v) is 15.7. The minimum absolute atomic E-state index is 0.0152. The average Bonchev–Trinajstić information content (AvgIpc) is 2.71. The van der Waals surface area contributed by atoms with Crippen molar-refractivity contribution < 1.29 is 29.2 Å². The fraction of sp³-hybridized carbons (Fsp3) is 0.136. The van der Waals surface area contributed by atoms with Crippen LogP contribution in [0, 0.1) is 0 Å². The molecule has 2 N–H and O–H groups in total. The van der Waals surface area contributed by atoms with Crippen LogP contribution in [-0.4, -0.2) is 37.3 Å². The van der Waals surface area contributed by atoms with Gasteiger partial charge in [-0.2, -0.15) is 0 Å². The Bertz CT molecular complexity index is 958. The Labute approximate surface area is 162 Å². The van der Waals surface area contributed by atoms with Gasteiger partial charge >= 0.3 is 0 Å². The molecule has 6 nitrogen and oxygen atoms in total. The number of benzene rings is 2. The summed E-state index contributed by atoms with van der Waals surface area (Å²) in [6.07, 6.45) is 4.78. The van der Waals surface area contributed by atoms with Crippen molar-refractivity contribution in [2.45, 2.75) is 0 Å². The number of ketones is 1. The van der Waals surface area contributed by atoms with E-state index in [1.807, 2.05) is 0 Å². The minimum atomic E-state index is -0.225. The maximum Gasteiger partial charge on any atom is 0.220 e. The fourth-order valence-electron chi connectivity index (χ4n) is 2.99. The van der Waals surface area contributed by atoms with E-state index in [1.165, 1.54) is 39.5 Å². The highest BCUT2D eigenvalue weighted by Gasteiger charge is 2.19. The number of aromatic hydroxyl groups is 2. The van der Waals surface area contributed by atoms with Gasteiger partial charge in [-0.15, -0.1) is 0 Å². The Morgan fingerprint density at radius 2 is 1.32 bits per heavy atom. The summed E-state index contributed by atoms with van der Waals surface area (Å²) in [6, 6.07) is 9.94. The van der Waals surface area contributed by atoms with Crippen LogP contribution in [0.3, 0.4) is 0 Å². The SMILES string of the molecule is COC1=CC(=C(c2ccc(O)c(OC)c2)c2ccc(O)c(OC)c2)C=CC1=O. The molecule has 144 valence electrons. The van der Waals surface area contributed by atoms with E-state index in [0.29, 0.717) is 11.5 Å². The van der Waals surface area contributed by atoms with E-state index in [-0.39, 0.29) is 23.0 Å². The topological polar surface area (TPSA) is 85.2 Å². The van der Waals surface area contributed by atoms with Gasteiger partial charge in [0.1, 0.15) is 0 Å². The molecule has 2 aromatic rings. The molecular formula is C22H20O6. The van der Waals surface area contributed by atoms with Crippen molar-refractivity contribution in [2.24, 2.45) is 0 Å². The number of hydrogen-bond donors (Lipinski definition) is 2. The molecule has 1 aliphatic carbocycles. The highest BCUT2D eigenvalue weighted by atomic mass is 16.5. The first-order chi connectivity index (χ1) is 13.5. The normalized spacial score (nSPS) is 13.2. The number of allylic oxidation sites excluding steroid dienone is 4. The number of hydrogen-bond acceptors (Lipinski definition) is 6. The van der Waals surface area contributed by atoms with E-state index >= 15 is 0 Å². The molecule has 0 saturated carbocycles. The molecule has 0 aromatic heterocycles. The molecule has 3 rings (SSSR count). The molecule has 0 spiro atoms. The van der Waals surface area contributed by atoms with Crippen molar-refractivity contribution in [3.8, 4) is 23.0 Å². The Morgan fingerprint density at radius 1 is 0.786 bits per heavy atom. The Hall–Kier alpha value is -3.67. The maximum absolute atomic E-state index is 11.9. The van der Waals surface area contributed by atoms with Crippen LogP contribution in [0.15, 0.2) is 66.0 Å². The molecular weight excluding hydrogens is 360 g/mol. The summed E-state index contributed by atoms with van der Waals surface area (Å²) < 4.78 is 15.6. The van der Waals surface area contributed by atoms with Gasteiger partial charge in [-0.05, 0) is 58.7 Å². The largest absolute Gasteiger partial charge is 0.504 e. The first-order valence-corrected chi connectivity index (χ1v) is 8.45. The number of phenolic OH excluding ortho intramolecular Hbond substituents is 2. The van der Waals surface area contributed by atoms with Crippen LogP contribution in [0.2, 0.25) is 0 Å². The second-order valence-electron chi connectivity index (χ2n) is 6.01. The Balaban J connectivity index is 2.29. The molecule has 0 bridgehead atoms. The molecule has 0 heterocycles. The minimum Gasteiger partial charge on any atom is -0.504 e. The molecule has 0 amide bonds. The lowest BCUT2D eigenvalue weighted by molar-refractivity contribution is -0.114. The molecule has 0 saturated heterocycles. The number of ether oxygens (including phenoxy) is 3. The summed E-state index contributed by atoms with van der Waals surface area (Å²) in [4.78, 5) is 11.9. The van der Waals surface area contributed by atoms with Gasteiger partial charge in [-0.3, -0.25) is 4.79 Å². The summed E-state index contributed by atoms with van der Waals surface area (Å²) in [5, 5.41) is 19.9. The predicted octanol–water partition coefficient (Wildman–Crippen LogP) is 3.59. The number of phenols is 2. The summed E-state index contributed by atoms with van der Waals surface area (Å²) in [6.45, 7) is 0. The van der Waals surface area contributed by atoms with Crippen molar-refractivity contribution in [3.63, 3.8) is 0 Å². The second kappa shape index (κ2) is 7.92. The van der Waals surface area contributed by atoms with Crippen LogP contribution >= 0.6 is 0 Å². The van der Waals surface area contributed by atoms with Crippen LogP contribution in [-0.2, 0) is 9.53 Å². The van der Waals surface area contributed by atoms with Gasteiger partial charge in [-0.25, -0.2) is 0 Å². The summed E-state index contributed by atoms with van der Waals surface area (Å²) in [5.74, 6) is 0.646. The van der Waals surface area contributed by atoms with Gasteiger partial charge in [0.25, 0.3) is 0 Å². The molecule has 0 radical (unpaired) electrons. The molecule has 1 aliphatic rings. The first-order valence-electron chi connectivity index (χ1n) is 8.45. The van der Waals surface area contributed by atoms with Gasteiger partial charge in [0.15, 0.2) is 28.8 Å². The molecule has 0 fully saturated rings. The number of carbonyl (C=O) groups is 1. The summed E-state index contributed by atoms with van der Waals surface area (Å²) >= 11 is 0. The lowest BCUT2D eigenvalue weighted by Crippen LogP contribution is -2.06. The monoisotopic (exact) mass is 380 g/mol. The summed E-state index contributed by atoms with van der Waals surface area (Å²) in [5.41, 5.74) is 2.94. The van der Waals surface area contributed by atoms with Crippen LogP contribution < -0.4 is 9.47 Å². The fourth-order valence-corrected chi connectivity index (χ4v) is 2.99. The van der Waals surface area contributed by atoms with E-state index < -0.39 is 0 Å². The van der Waals surface area contributed by atoms with Gasteiger partial charge in [-0.1, -0.05) is 18.2 Å². The molecule has 2 aromatic carbocycles. The molecule has 0 aliphatic heterocycles. The molecule has 28 heavy (non-hydrogen) atoms. The van der Waals surface area contributed by atoms with Crippen molar-refractivity contribution in [2.75, 3.05) is 21.3 Å². The van der Waals surface area contributed by atoms with Crippen molar-refractivity contribution in [1.29, 1.82) is 0 Å². The Kier molecular flexibility index (Phi) is 5.40. The molecule has 0 unspecified atom stereocenters. The third-order valence-corrected chi connectivity index (χ3v) is 4.39. The van der Waals surface area contributed by atoms with Crippen LogP contribution in [0.5, 0.6) is 23.0 Å². The third kappa shape index (κ3) is 3.57. The average molecular weight is 380 g/mol. The zero-order chi connectivity index (χ0) is 20.3. The van der Waals surface area contributed by atoms with Crippen LogP contribution in [0.25, 0.3) is 5.57 Å². The number of rotatable bonds is 5. The van der Waals surface area contributed by atoms with Gasteiger partial charge in [0, 0.05) is 0 Å². The zero-order valence-electron chi connectivity index (χ0n) is 15.7. The Morgan fingerprint density at radius 3 is 1.79 bits per heavy atom. The molecule has 0 atom stereocenters. The lowest BCUT2D eigenvalue weighted by Gasteiger charge is -2.17. The van der Waals surface area contributed by atoms with E-state index in [9.17, 15) is 15.0 Å². The van der Waals surface area contributed by atoms with Gasteiger partial charge in [0.05, 0.1) is 21.3 Å². The standard InChI is InChI=1S/C22H20O6/c1-26-19-10-13(4-7-16(19)23)22(14-5-8-17(24)20(11-14)27-2)15-6-9-18(25)21(12-15)28-3/h4-12,23-24H,1-3H3. The summed E-state index contributed by atoms with van der Waals surface area (Å²) in [7, 11) is 4.38. The molecule has 6 heteroatoms. The van der Waals surface area contributed by atoms with E-state index in [1.54, 1.807) is 36.4 Å². The van der Waals surface area contributed by atoms with Crippen LogP contribution in [0.1, 0.15) is 11.1 Å². The second-order valence-corrected chi connectivity index (χ2v) is 6.01. The lowest BCUT2D eigenvalue weighted by atomic mass is 9.90. The van der Waals surface area contributed by atoms with E-state index in [2.05, 4.69) is 0 Å². The van der Waals surface area contributed by atoms with Gasteiger partial charge in [0.2, 0.25) is 5.78 Å². The van der Waals surface area contributed by atoms with Crippen molar-refractivity contribution in [1.82, 2.24) is 0 Å². The van der Waals surface area contributed by atoms with Crippen molar-refractivity contribution >= 4 is 11.4 Å². The van der Waals surface area contributed by atoms with Crippen LogP contribution in [0.4, 0.5) is 0 Å². The first kappa shape index (κ1) is 19.1.